The summed E-state index contributed by atoms with van der Waals surface area (Å²) in [5.74, 6) is 0.670. The fraction of sp³-hybridized carbons (Fsp3) is 0.500. The highest BCUT2D eigenvalue weighted by Crippen LogP contribution is 2.16. The van der Waals surface area contributed by atoms with E-state index in [0.717, 1.165) is 0 Å². The smallest absolute Gasteiger partial charge is 0.00561 e. The molecule has 1 aliphatic carbocycles. The Morgan fingerprint density at radius 1 is 1.62 bits per heavy atom. The summed E-state index contributed by atoms with van der Waals surface area (Å²) >= 11 is 0. The van der Waals surface area contributed by atoms with Crippen LogP contribution in [0.5, 0.6) is 0 Å². The van der Waals surface area contributed by atoms with Gasteiger partial charge in [0.2, 0.25) is 0 Å². The Bertz CT molecular complexity index is 101. The largest absolute Gasteiger partial charge is 0.102 e. The molecule has 0 fully saturated rings. The summed E-state index contributed by atoms with van der Waals surface area (Å²) in [7, 11) is 0. The molecule has 44 valence electrons. The molecule has 0 aromatic rings. The molecule has 0 nitrogen and oxygen atoms in total. The van der Waals surface area contributed by atoms with Crippen LogP contribution in [-0.2, 0) is 0 Å². The summed E-state index contributed by atoms with van der Waals surface area (Å²) in [5.41, 5.74) is 0. The Morgan fingerprint density at radius 3 is 2.88 bits per heavy atom. The molecule has 0 aliphatic heterocycles. The lowest BCUT2D eigenvalue weighted by atomic mass is 9.96. The molecule has 0 spiro atoms. The summed E-state index contributed by atoms with van der Waals surface area (Å²) in [5, 5.41) is 0. The van der Waals surface area contributed by atoms with Crippen LogP contribution in [0.15, 0.2) is 24.8 Å². The van der Waals surface area contributed by atoms with Gasteiger partial charge < -0.3 is 0 Å². The summed E-state index contributed by atoms with van der Waals surface area (Å²) in [4.78, 5) is 0. The quantitative estimate of drug-likeness (QED) is 0.453. The van der Waals surface area contributed by atoms with Gasteiger partial charge in [0.1, 0.15) is 0 Å². The molecule has 0 aromatic heterocycles. The van der Waals surface area contributed by atoms with Crippen molar-refractivity contribution in [3.8, 4) is 0 Å². The molecule has 1 aliphatic rings. The first-order valence-corrected chi connectivity index (χ1v) is 3.22. The lowest BCUT2D eigenvalue weighted by Gasteiger charge is -2.09. The van der Waals surface area contributed by atoms with E-state index in [0.29, 0.717) is 5.92 Å². The molecule has 8 heavy (non-hydrogen) atoms. The summed E-state index contributed by atoms with van der Waals surface area (Å²) < 4.78 is 0. The molecule has 0 radical (unpaired) electrons. The maximum Gasteiger partial charge on any atom is -0.00561 e. The SMILES string of the molecule is C=C[C@@H]1C=CCCC1. The van der Waals surface area contributed by atoms with Crippen LogP contribution in [0.1, 0.15) is 19.3 Å². The lowest BCUT2D eigenvalue weighted by Crippen LogP contribution is -1.94. The van der Waals surface area contributed by atoms with E-state index in [-0.39, 0.29) is 0 Å². The van der Waals surface area contributed by atoms with E-state index in [1.165, 1.54) is 19.3 Å². The fourth-order valence-corrected chi connectivity index (χ4v) is 1.04. The van der Waals surface area contributed by atoms with Crippen molar-refractivity contribution in [1.82, 2.24) is 0 Å². The third kappa shape index (κ3) is 1.22. The van der Waals surface area contributed by atoms with Crippen LogP contribution in [0, 0.1) is 5.92 Å². The second-order valence-electron chi connectivity index (χ2n) is 2.26. The average molecular weight is 108 g/mol. The van der Waals surface area contributed by atoms with Gasteiger partial charge in [-0.15, -0.1) is 6.58 Å². The predicted octanol–water partition coefficient (Wildman–Crippen LogP) is 2.53. The van der Waals surface area contributed by atoms with Crippen molar-refractivity contribution in [1.29, 1.82) is 0 Å². The molecule has 0 N–H and O–H groups in total. The van der Waals surface area contributed by atoms with Gasteiger partial charge in [0.15, 0.2) is 0 Å². The molecule has 0 saturated heterocycles. The van der Waals surface area contributed by atoms with Crippen molar-refractivity contribution in [2.75, 3.05) is 0 Å². The Morgan fingerprint density at radius 2 is 2.50 bits per heavy atom. The molecule has 1 rings (SSSR count). The van der Waals surface area contributed by atoms with Crippen LogP contribution in [0.25, 0.3) is 0 Å². The molecule has 0 aromatic carbocycles. The van der Waals surface area contributed by atoms with Gasteiger partial charge in [-0.1, -0.05) is 18.2 Å². The molecule has 0 heterocycles. The van der Waals surface area contributed by atoms with Gasteiger partial charge in [-0.25, -0.2) is 0 Å². The van der Waals surface area contributed by atoms with E-state index in [2.05, 4.69) is 18.7 Å². The van der Waals surface area contributed by atoms with Gasteiger partial charge in [-0.05, 0) is 25.2 Å². The van der Waals surface area contributed by atoms with E-state index >= 15 is 0 Å². The topological polar surface area (TPSA) is 0 Å². The van der Waals surface area contributed by atoms with Gasteiger partial charge in [0.05, 0.1) is 0 Å². The number of rotatable bonds is 1. The zero-order chi connectivity index (χ0) is 5.82. The van der Waals surface area contributed by atoms with E-state index in [1.807, 2.05) is 6.08 Å². The third-order valence-corrected chi connectivity index (χ3v) is 1.59. The normalized spacial score (nSPS) is 27.8. The second-order valence-corrected chi connectivity index (χ2v) is 2.26. The Balaban J connectivity index is 2.42. The highest BCUT2D eigenvalue weighted by atomic mass is 14.1. The molecule has 0 heteroatoms. The van der Waals surface area contributed by atoms with Crippen molar-refractivity contribution >= 4 is 0 Å². The average Bonchev–Trinajstić information content (AvgIpc) is 1.90. The Labute approximate surface area is 50.9 Å². The monoisotopic (exact) mass is 108 g/mol. The fourth-order valence-electron chi connectivity index (χ4n) is 1.04. The minimum absolute atomic E-state index is 0.670. The highest BCUT2D eigenvalue weighted by Gasteiger charge is 2.01. The van der Waals surface area contributed by atoms with Crippen molar-refractivity contribution in [2.45, 2.75) is 19.3 Å². The van der Waals surface area contributed by atoms with Gasteiger partial charge in [0, 0.05) is 0 Å². The number of hydrogen-bond donors (Lipinski definition) is 0. The molecular formula is C8H12. The molecule has 0 unspecified atom stereocenters. The number of allylic oxidation sites excluding steroid dienone is 3. The van der Waals surface area contributed by atoms with E-state index in [1.54, 1.807) is 0 Å². The second kappa shape index (κ2) is 2.71. The van der Waals surface area contributed by atoms with Gasteiger partial charge in [-0.2, -0.15) is 0 Å². The summed E-state index contributed by atoms with van der Waals surface area (Å²) in [6.45, 7) is 3.73. The molecule has 1 atom stereocenters. The minimum atomic E-state index is 0.670. The van der Waals surface area contributed by atoms with Crippen LogP contribution in [-0.4, -0.2) is 0 Å². The van der Waals surface area contributed by atoms with E-state index < -0.39 is 0 Å². The maximum atomic E-state index is 3.73. The minimum Gasteiger partial charge on any atom is -0.102 e. The van der Waals surface area contributed by atoms with Crippen molar-refractivity contribution in [3.63, 3.8) is 0 Å². The highest BCUT2D eigenvalue weighted by molar-refractivity contribution is 5.00. The van der Waals surface area contributed by atoms with Crippen LogP contribution in [0.2, 0.25) is 0 Å². The standard InChI is InChI=1S/C8H12/c1-2-8-6-4-3-5-7-8/h2,4,6,8H,1,3,5,7H2/t8-/m1/s1. The molecule has 0 bridgehead atoms. The van der Waals surface area contributed by atoms with Gasteiger partial charge >= 0.3 is 0 Å². The Kier molecular flexibility index (Phi) is 1.90. The van der Waals surface area contributed by atoms with Crippen LogP contribution in [0.3, 0.4) is 0 Å². The lowest BCUT2D eigenvalue weighted by molar-refractivity contribution is 0.632. The van der Waals surface area contributed by atoms with Crippen molar-refractivity contribution in [2.24, 2.45) is 5.92 Å². The van der Waals surface area contributed by atoms with E-state index in [4.69, 9.17) is 0 Å². The predicted molar refractivity (Wildman–Crippen MR) is 36.7 cm³/mol. The van der Waals surface area contributed by atoms with Gasteiger partial charge in [-0.3, -0.25) is 0 Å². The van der Waals surface area contributed by atoms with Crippen LogP contribution < -0.4 is 0 Å². The first-order valence-electron chi connectivity index (χ1n) is 3.22. The van der Waals surface area contributed by atoms with Crippen molar-refractivity contribution < 1.29 is 0 Å². The Hall–Kier alpha value is -0.520. The molecule has 0 saturated carbocycles. The molecular weight excluding hydrogens is 96.1 g/mol. The summed E-state index contributed by atoms with van der Waals surface area (Å²) in [6, 6.07) is 0. The summed E-state index contributed by atoms with van der Waals surface area (Å²) in [6.07, 6.45) is 10.4. The maximum absolute atomic E-state index is 3.73. The third-order valence-electron chi connectivity index (χ3n) is 1.59. The van der Waals surface area contributed by atoms with Crippen LogP contribution >= 0.6 is 0 Å². The first-order chi connectivity index (χ1) is 3.93. The zero-order valence-corrected chi connectivity index (χ0v) is 5.14. The van der Waals surface area contributed by atoms with Crippen molar-refractivity contribution in [3.05, 3.63) is 24.8 Å². The first kappa shape index (κ1) is 5.61. The van der Waals surface area contributed by atoms with Gasteiger partial charge in [0.25, 0.3) is 0 Å². The van der Waals surface area contributed by atoms with Crippen LogP contribution in [0.4, 0.5) is 0 Å². The molecule has 0 amide bonds. The van der Waals surface area contributed by atoms with E-state index in [9.17, 15) is 0 Å². The zero-order valence-electron chi connectivity index (χ0n) is 5.14. The number of hydrogen-bond acceptors (Lipinski definition) is 0.